The second-order valence-corrected chi connectivity index (χ2v) is 5.16. The topological polar surface area (TPSA) is 0 Å². The van der Waals surface area contributed by atoms with Gasteiger partial charge in [0.25, 0.3) is 0 Å². The monoisotopic (exact) mass is 206 g/mol. The van der Waals surface area contributed by atoms with Crippen LogP contribution in [0, 0.1) is 19.8 Å². The third kappa shape index (κ3) is 2.91. The van der Waals surface area contributed by atoms with E-state index in [4.69, 9.17) is 0 Å². The van der Waals surface area contributed by atoms with E-state index in [2.05, 4.69) is 52.5 Å². The van der Waals surface area contributed by atoms with Gasteiger partial charge in [-0.05, 0) is 41.9 Å². The quantitative estimate of drug-likeness (QED) is 0.653. The standard InChI is InChI=1S/C13H18S/c1-9(2)12(5)14-13-8-10(3)6-7-11(13)4/h6-9H,5H2,1-4H3. The van der Waals surface area contributed by atoms with Crippen molar-refractivity contribution in [1.29, 1.82) is 0 Å². The Labute approximate surface area is 91.4 Å². The number of rotatable bonds is 3. The summed E-state index contributed by atoms with van der Waals surface area (Å²) in [5.74, 6) is 0.542. The van der Waals surface area contributed by atoms with Crippen molar-refractivity contribution < 1.29 is 0 Å². The Balaban J connectivity index is 2.86. The largest absolute Gasteiger partial charge is 0.0946 e. The van der Waals surface area contributed by atoms with Gasteiger partial charge in [-0.25, -0.2) is 0 Å². The lowest BCUT2D eigenvalue weighted by Gasteiger charge is -2.11. The number of allylic oxidation sites excluding steroid dienone is 1. The van der Waals surface area contributed by atoms with Crippen molar-refractivity contribution >= 4 is 11.8 Å². The van der Waals surface area contributed by atoms with Gasteiger partial charge in [0.2, 0.25) is 0 Å². The first kappa shape index (κ1) is 11.4. The highest BCUT2D eigenvalue weighted by molar-refractivity contribution is 8.03. The van der Waals surface area contributed by atoms with Crippen LogP contribution in [0.2, 0.25) is 0 Å². The molecule has 1 rings (SSSR count). The number of aryl methyl sites for hydroxylation is 2. The Morgan fingerprint density at radius 3 is 2.50 bits per heavy atom. The Bertz CT molecular complexity index is 337. The van der Waals surface area contributed by atoms with Crippen LogP contribution >= 0.6 is 11.8 Å². The van der Waals surface area contributed by atoms with Crippen LogP contribution in [0.4, 0.5) is 0 Å². The van der Waals surface area contributed by atoms with Gasteiger partial charge < -0.3 is 0 Å². The maximum absolute atomic E-state index is 4.08. The van der Waals surface area contributed by atoms with E-state index in [0.29, 0.717) is 5.92 Å². The van der Waals surface area contributed by atoms with Gasteiger partial charge in [0.1, 0.15) is 0 Å². The lowest BCUT2D eigenvalue weighted by atomic mass is 10.2. The molecule has 0 heterocycles. The van der Waals surface area contributed by atoms with Crippen LogP contribution in [0.5, 0.6) is 0 Å². The minimum Gasteiger partial charge on any atom is -0.0946 e. The molecule has 0 amide bonds. The van der Waals surface area contributed by atoms with E-state index in [-0.39, 0.29) is 0 Å². The van der Waals surface area contributed by atoms with E-state index in [9.17, 15) is 0 Å². The van der Waals surface area contributed by atoms with Gasteiger partial charge in [-0.1, -0.05) is 44.3 Å². The molecule has 0 aliphatic rings. The SMILES string of the molecule is C=C(Sc1cc(C)ccc1C)C(C)C. The van der Waals surface area contributed by atoms with Gasteiger partial charge in [-0.2, -0.15) is 0 Å². The summed E-state index contributed by atoms with van der Waals surface area (Å²) in [5.41, 5.74) is 2.65. The maximum Gasteiger partial charge on any atom is 0.0150 e. The summed E-state index contributed by atoms with van der Waals surface area (Å²) < 4.78 is 0. The maximum atomic E-state index is 4.08. The molecule has 0 radical (unpaired) electrons. The summed E-state index contributed by atoms with van der Waals surface area (Å²) in [6, 6.07) is 6.55. The van der Waals surface area contributed by atoms with Crippen LogP contribution in [0.25, 0.3) is 0 Å². The van der Waals surface area contributed by atoms with Gasteiger partial charge >= 0.3 is 0 Å². The van der Waals surface area contributed by atoms with Crippen molar-refractivity contribution in [2.24, 2.45) is 5.92 Å². The first-order chi connectivity index (χ1) is 6.50. The van der Waals surface area contributed by atoms with E-state index in [1.807, 2.05) is 0 Å². The summed E-state index contributed by atoms with van der Waals surface area (Å²) in [4.78, 5) is 2.57. The highest BCUT2D eigenvalue weighted by Gasteiger charge is 2.05. The summed E-state index contributed by atoms with van der Waals surface area (Å²) in [7, 11) is 0. The number of thioether (sulfide) groups is 1. The summed E-state index contributed by atoms with van der Waals surface area (Å²) in [6.45, 7) is 12.7. The molecule has 0 bridgehead atoms. The molecule has 0 fully saturated rings. The molecule has 0 atom stereocenters. The third-order valence-corrected chi connectivity index (χ3v) is 3.62. The molecule has 1 aromatic rings. The highest BCUT2D eigenvalue weighted by Crippen LogP contribution is 2.32. The molecule has 1 heteroatoms. The van der Waals surface area contributed by atoms with E-state index < -0.39 is 0 Å². The Kier molecular flexibility index (Phi) is 3.82. The van der Waals surface area contributed by atoms with Crippen LogP contribution < -0.4 is 0 Å². The van der Waals surface area contributed by atoms with Crippen molar-refractivity contribution in [2.75, 3.05) is 0 Å². The molecule has 1 aromatic carbocycles. The molecule has 0 saturated heterocycles. The predicted octanol–water partition coefficient (Wildman–Crippen LogP) is 4.57. The van der Waals surface area contributed by atoms with Crippen LogP contribution in [0.3, 0.4) is 0 Å². The van der Waals surface area contributed by atoms with Crippen molar-refractivity contribution in [2.45, 2.75) is 32.6 Å². The summed E-state index contributed by atoms with van der Waals surface area (Å²) in [5, 5.41) is 0. The summed E-state index contributed by atoms with van der Waals surface area (Å²) in [6.07, 6.45) is 0. The Hall–Kier alpha value is -0.690. The lowest BCUT2D eigenvalue weighted by Crippen LogP contribution is -1.89. The number of hydrogen-bond donors (Lipinski definition) is 0. The first-order valence-electron chi connectivity index (χ1n) is 4.94. The molecule has 76 valence electrons. The molecule has 14 heavy (non-hydrogen) atoms. The zero-order chi connectivity index (χ0) is 10.7. The van der Waals surface area contributed by atoms with Gasteiger partial charge in [0.15, 0.2) is 0 Å². The average molecular weight is 206 g/mol. The predicted molar refractivity (Wildman–Crippen MR) is 65.8 cm³/mol. The third-order valence-electron chi connectivity index (χ3n) is 2.23. The average Bonchev–Trinajstić information content (AvgIpc) is 2.11. The van der Waals surface area contributed by atoms with E-state index in [0.717, 1.165) is 0 Å². The smallest absolute Gasteiger partial charge is 0.0150 e. The van der Waals surface area contributed by atoms with Crippen LogP contribution in [0.1, 0.15) is 25.0 Å². The second kappa shape index (κ2) is 4.70. The molecule has 0 unspecified atom stereocenters. The Morgan fingerprint density at radius 1 is 1.29 bits per heavy atom. The number of benzene rings is 1. The summed E-state index contributed by atoms with van der Waals surface area (Å²) >= 11 is 1.80. The zero-order valence-corrected chi connectivity index (χ0v) is 10.2. The van der Waals surface area contributed by atoms with E-state index in [1.165, 1.54) is 20.9 Å². The fourth-order valence-corrected chi connectivity index (χ4v) is 2.07. The van der Waals surface area contributed by atoms with Crippen LogP contribution in [-0.2, 0) is 0 Å². The van der Waals surface area contributed by atoms with Crippen molar-refractivity contribution in [3.63, 3.8) is 0 Å². The van der Waals surface area contributed by atoms with Crippen LogP contribution in [0.15, 0.2) is 34.6 Å². The van der Waals surface area contributed by atoms with Crippen molar-refractivity contribution in [1.82, 2.24) is 0 Å². The minimum atomic E-state index is 0.542. The number of hydrogen-bond acceptors (Lipinski definition) is 1. The molecular formula is C13H18S. The van der Waals surface area contributed by atoms with Gasteiger partial charge in [0, 0.05) is 4.90 Å². The normalized spacial score (nSPS) is 10.6. The molecule has 0 aliphatic carbocycles. The lowest BCUT2D eigenvalue weighted by molar-refractivity contribution is 0.819. The Morgan fingerprint density at radius 2 is 1.93 bits per heavy atom. The van der Waals surface area contributed by atoms with E-state index >= 15 is 0 Å². The van der Waals surface area contributed by atoms with Crippen LogP contribution in [-0.4, -0.2) is 0 Å². The molecule has 0 nitrogen and oxygen atoms in total. The second-order valence-electron chi connectivity index (χ2n) is 3.99. The molecule has 0 aliphatic heterocycles. The van der Waals surface area contributed by atoms with E-state index in [1.54, 1.807) is 11.8 Å². The first-order valence-corrected chi connectivity index (χ1v) is 5.76. The van der Waals surface area contributed by atoms with Gasteiger partial charge in [0.05, 0.1) is 0 Å². The molecular weight excluding hydrogens is 188 g/mol. The van der Waals surface area contributed by atoms with Crippen molar-refractivity contribution in [3.8, 4) is 0 Å². The molecule has 0 saturated carbocycles. The fourth-order valence-electron chi connectivity index (χ4n) is 1.08. The zero-order valence-electron chi connectivity index (χ0n) is 9.42. The van der Waals surface area contributed by atoms with Gasteiger partial charge in [-0.15, -0.1) is 0 Å². The fraction of sp³-hybridized carbons (Fsp3) is 0.385. The van der Waals surface area contributed by atoms with Crippen molar-refractivity contribution in [3.05, 3.63) is 40.8 Å². The highest BCUT2D eigenvalue weighted by atomic mass is 32.2. The molecule has 0 aromatic heterocycles. The molecule has 0 N–H and O–H groups in total. The minimum absolute atomic E-state index is 0.542. The molecule has 0 spiro atoms. The van der Waals surface area contributed by atoms with Gasteiger partial charge in [-0.3, -0.25) is 0 Å².